The van der Waals surface area contributed by atoms with E-state index in [4.69, 9.17) is 23.7 Å². The van der Waals surface area contributed by atoms with Crippen molar-refractivity contribution in [2.24, 2.45) is 0 Å². The second-order valence-electron chi connectivity index (χ2n) is 7.77. The molecule has 0 saturated heterocycles. The van der Waals surface area contributed by atoms with E-state index in [9.17, 15) is 10.2 Å². The van der Waals surface area contributed by atoms with Gasteiger partial charge in [0.15, 0.2) is 11.5 Å². The standard InChI is InChI=1S/C23H24O7/c1-11(9-24)16-7-14-15(29-16)5-4-12-22(25)21-13-6-18(26-2)19(27-3)8-17(13)28-10-20(21)30-23(12)14/h4-6,8,16,20-22,24-25H,1,7,9-10H2,2-3H3/t16-,20-,21+,22-/m1/s1. The molecule has 0 aliphatic carbocycles. The molecule has 2 N–H and O–H groups in total. The molecule has 3 aliphatic rings. The first-order valence-corrected chi connectivity index (χ1v) is 9.90. The summed E-state index contributed by atoms with van der Waals surface area (Å²) in [5.41, 5.74) is 3.05. The van der Waals surface area contributed by atoms with Crippen molar-refractivity contribution < 1.29 is 33.9 Å². The lowest BCUT2D eigenvalue weighted by Gasteiger charge is -2.41. The zero-order valence-electron chi connectivity index (χ0n) is 16.9. The van der Waals surface area contributed by atoms with Crippen molar-refractivity contribution in [3.8, 4) is 28.7 Å². The van der Waals surface area contributed by atoms with Gasteiger partial charge in [-0.05, 0) is 23.8 Å². The minimum absolute atomic E-state index is 0.134. The predicted molar refractivity (Wildman–Crippen MR) is 108 cm³/mol. The van der Waals surface area contributed by atoms with Crippen molar-refractivity contribution >= 4 is 0 Å². The van der Waals surface area contributed by atoms with E-state index < -0.39 is 6.10 Å². The lowest BCUT2D eigenvalue weighted by Crippen LogP contribution is -2.42. The van der Waals surface area contributed by atoms with Crippen LogP contribution in [0.1, 0.15) is 28.7 Å². The monoisotopic (exact) mass is 412 g/mol. The summed E-state index contributed by atoms with van der Waals surface area (Å²) < 4.78 is 29.1. The summed E-state index contributed by atoms with van der Waals surface area (Å²) in [4.78, 5) is 0. The quantitative estimate of drug-likeness (QED) is 0.747. The molecule has 0 saturated carbocycles. The second-order valence-corrected chi connectivity index (χ2v) is 7.77. The van der Waals surface area contributed by atoms with Gasteiger partial charge in [-0.1, -0.05) is 6.58 Å². The van der Waals surface area contributed by atoms with Crippen LogP contribution in [0.25, 0.3) is 0 Å². The summed E-state index contributed by atoms with van der Waals surface area (Å²) in [7, 11) is 3.15. The number of hydrogen-bond donors (Lipinski definition) is 2. The molecule has 0 spiro atoms. The maximum absolute atomic E-state index is 11.3. The van der Waals surface area contributed by atoms with E-state index in [0.29, 0.717) is 47.3 Å². The molecule has 30 heavy (non-hydrogen) atoms. The molecule has 158 valence electrons. The van der Waals surface area contributed by atoms with E-state index in [1.54, 1.807) is 20.3 Å². The van der Waals surface area contributed by atoms with Crippen molar-refractivity contribution in [1.29, 1.82) is 0 Å². The summed E-state index contributed by atoms with van der Waals surface area (Å²) in [6.45, 7) is 4.05. The molecule has 3 heterocycles. The molecule has 7 nitrogen and oxygen atoms in total. The number of aliphatic hydroxyl groups is 2. The zero-order valence-corrected chi connectivity index (χ0v) is 16.9. The van der Waals surface area contributed by atoms with Gasteiger partial charge >= 0.3 is 0 Å². The highest BCUT2D eigenvalue weighted by Gasteiger charge is 2.45. The number of methoxy groups -OCH3 is 2. The second kappa shape index (κ2) is 7.11. The van der Waals surface area contributed by atoms with E-state index >= 15 is 0 Å². The molecule has 2 aromatic carbocycles. The van der Waals surface area contributed by atoms with Gasteiger partial charge in [0.05, 0.1) is 32.8 Å². The highest BCUT2D eigenvalue weighted by atomic mass is 16.5. The molecule has 0 aromatic heterocycles. The van der Waals surface area contributed by atoms with E-state index in [0.717, 1.165) is 16.7 Å². The van der Waals surface area contributed by atoms with Crippen LogP contribution in [-0.2, 0) is 6.42 Å². The van der Waals surface area contributed by atoms with Gasteiger partial charge in [0.1, 0.15) is 36.1 Å². The fourth-order valence-electron chi connectivity index (χ4n) is 4.58. The highest BCUT2D eigenvalue weighted by Crippen LogP contribution is 2.53. The van der Waals surface area contributed by atoms with E-state index in [1.807, 2.05) is 18.2 Å². The Morgan fingerprint density at radius 1 is 1.10 bits per heavy atom. The molecule has 0 unspecified atom stereocenters. The van der Waals surface area contributed by atoms with Crippen molar-refractivity contribution in [2.75, 3.05) is 27.4 Å². The highest BCUT2D eigenvalue weighted by molar-refractivity contribution is 5.59. The van der Waals surface area contributed by atoms with Crippen LogP contribution < -0.4 is 23.7 Å². The van der Waals surface area contributed by atoms with E-state index in [2.05, 4.69) is 6.58 Å². The SMILES string of the molecule is C=C(CO)[C@H]1Cc2c(ccc3c2O[C@@H]2COc4cc(OC)c(OC)cc4[C@@H]2[C@@H]3O)O1. The van der Waals surface area contributed by atoms with Gasteiger partial charge in [-0.15, -0.1) is 0 Å². The van der Waals surface area contributed by atoms with Crippen LogP contribution in [0, 0.1) is 0 Å². The first kappa shape index (κ1) is 19.1. The first-order chi connectivity index (χ1) is 14.5. The van der Waals surface area contributed by atoms with Crippen LogP contribution in [0.3, 0.4) is 0 Å². The molecule has 4 atom stereocenters. The molecule has 7 heteroatoms. The summed E-state index contributed by atoms with van der Waals surface area (Å²) in [6.07, 6.45) is -0.880. The van der Waals surface area contributed by atoms with Crippen LogP contribution in [0.15, 0.2) is 36.4 Å². The lowest BCUT2D eigenvalue weighted by atomic mass is 9.80. The average Bonchev–Trinajstić information content (AvgIpc) is 3.22. The largest absolute Gasteiger partial charge is 0.493 e. The Labute approximate surface area is 174 Å². The van der Waals surface area contributed by atoms with E-state index in [-0.39, 0.29) is 24.7 Å². The first-order valence-electron chi connectivity index (χ1n) is 9.90. The van der Waals surface area contributed by atoms with Crippen molar-refractivity contribution in [2.45, 2.75) is 30.7 Å². The smallest absolute Gasteiger partial charge is 0.164 e. The third-order valence-electron chi connectivity index (χ3n) is 6.17. The molecule has 5 rings (SSSR count). The molecule has 0 amide bonds. The average molecular weight is 412 g/mol. The summed E-state index contributed by atoms with van der Waals surface area (Å²) in [6, 6.07) is 7.32. The third-order valence-corrected chi connectivity index (χ3v) is 6.17. The summed E-state index contributed by atoms with van der Waals surface area (Å²) >= 11 is 0. The fraction of sp³-hybridized carbons (Fsp3) is 0.391. The molecule has 2 aromatic rings. The Hall–Kier alpha value is -2.90. The molecule has 0 radical (unpaired) electrons. The van der Waals surface area contributed by atoms with Crippen LogP contribution in [0.2, 0.25) is 0 Å². The number of hydrogen-bond acceptors (Lipinski definition) is 7. The maximum atomic E-state index is 11.3. The van der Waals surface area contributed by atoms with Gasteiger partial charge in [-0.25, -0.2) is 0 Å². The Bertz CT molecular complexity index is 1020. The van der Waals surface area contributed by atoms with Crippen molar-refractivity contribution in [3.63, 3.8) is 0 Å². The van der Waals surface area contributed by atoms with Gasteiger partial charge in [0.25, 0.3) is 0 Å². The Morgan fingerprint density at radius 2 is 1.87 bits per heavy atom. The number of aliphatic hydroxyl groups excluding tert-OH is 2. The number of fused-ring (bicyclic) bond motifs is 6. The van der Waals surface area contributed by atoms with Gasteiger partial charge in [-0.3, -0.25) is 0 Å². The number of rotatable bonds is 4. The topological polar surface area (TPSA) is 86.6 Å². The Balaban J connectivity index is 1.55. The minimum Gasteiger partial charge on any atom is -0.493 e. The molecule has 3 aliphatic heterocycles. The lowest BCUT2D eigenvalue weighted by molar-refractivity contribution is 0.000789. The van der Waals surface area contributed by atoms with Gasteiger partial charge in [-0.2, -0.15) is 0 Å². The Morgan fingerprint density at radius 3 is 2.60 bits per heavy atom. The Kier molecular flexibility index (Phi) is 4.52. The normalized spacial score (nSPS) is 25.5. The van der Waals surface area contributed by atoms with Gasteiger partial charge in [0, 0.05) is 29.2 Å². The summed E-state index contributed by atoms with van der Waals surface area (Å²) in [5.74, 6) is 2.84. The van der Waals surface area contributed by atoms with Crippen molar-refractivity contribution in [1.82, 2.24) is 0 Å². The minimum atomic E-state index is -0.773. The molecular formula is C23H24O7. The fourth-order valence-corrected chi connectivity index (χ4v) is 4.58. The zero-order chi connectivity index (χ0) is 21.0. The number of ether oxygens (including phenoxy) is 5. The maximum Gasteiger partial charge on any atom is 0.164 e. The van der Waals surface area contributed by atoms with Crippen LogP contribution in [-0.4, -0.2) is 49.9 Å². The number of benzene rings is 2. The predicted octanol–water partition coefficient (Wildman–Crippen LogP) is 2.53. The van der Waals surface area contributed by atoms with Crippen LogP contribution in [0.4, 0.5) is 0 Å². The molecule has 0 bridgehead atoms. The van der Waals surface area contributed by atoms with Gasteiger partial charge < -0.3 is 33.9 Å². The van der Waals surface area contributed by atoms with Gasteiger partial charge in [0.2, 0.25) is 0 Å². The van der Waals surface area contributed by atoms with E-state index in [1.165, 1.54) is 0 Å². The van der Waals surface area contributed by atoms with Crippen LogP contribution in [0.5, 0.6) is 28.7 Å². The summed E-state index contributed by atoms with van der Waals surface area (Å²) in [5, 5.41) is 20.7. The molecule has 0 fully saturated rings. The molecular weight excluding hydrogens is 388 g/mol. The van der Waals surface area contributed by atoms with Crippen molar-refractivity contribution in [3.05, 3.63) is 53.1 Å². The van der Waals surface area contributed by atoms with Crippen LogP contribution >= 0.6 is 0 Å². The third kappa shape index (κ3) is 2.73.